The molecule has 1 saturated heterocycles. The minimum atomic E-state index is 0.698. The van der Waals surface area contributed by atoms with Gasteiger partial charge in [-0.3, -0.25) is 4.90 Å². The first-order valence-electron chi connectivity index (χ1n) is 8.38. The molecule has 0 bridgehead atoms. The lowest BCUT2D eigenvalue weighted by molar-refractivity contribution is 0.0686. The fourth-order valence-electron chi connectivity index (χ4n) is 2.51. The highest BCUT2D eigenvalue weighted by Gasteiger charge is 2.17. The number of nitrogens with one attached hydrogen (secondary N) is 1. The van der Waals surface area contributed by atoms with Crippen molar-refractivity contribution in [1.29, 1.82) is 0 Å². The van der Waals surface area contributed by atoms with Crippen molar-refractivity contribution < 1.29 is 9.47 Å². The molecule has 1 aliphatic rings. The number of ether oxygens (including phenoxy) is 2. The first kappa shape index (κ1) is 18.6. The lowest BCUT2D eigenvalue weighted by Gasteiger charge is -2.31. The number of unbranched alkanes of at least 4 members (excludes halogenated alkanes) is 1. The van der Waals surface area contributed by atoms with E-state index >= 15 is 0 Å². The van der Waals surface area contributed by atoms with E-state index in [9.17, 15) is 0 Å². The van der Waals surface area contributed by atoms with Crippen LogP contribution < -0.4 is 5.32 Å². The van der Waals surface area contributed by atoms with E-state index in [0.29, 0.717) is 19.3 Å². The van der Waals surface area contributed by atoms with Gasteiger partial charge in [0.2, 0.25) is 0 Å². The molecular formula is C17H34N2O2. The van der Waals surface area contributed by atoms with Crippen molar-refractivity contribution in [3.05, 3.63) is 11.6 Å². The predicted octanol–water partition coefficient (Wildman–Crippen LogP) is 2.45. The van der Waals surface area contributed by atoms with Crippen LogP contribution in [0.2, 0.25) is 0 Å². The molecule has 1 heterocycles. The third-order valence-corrected chi connectivity index (χ3v) is 3.93. The molecule has 0 aromatic heterocycles. The first-order chi connectivity index (χ1) is 10.2. The molecule has 4 heteroatoms. The standard InChI is InChI=1S/C17H34N2O2/c1-16(2)6-10-19-11-7-17(8-12-19)18-9-4-5-13-21-15-14-20-3/h6,17-18H,4-5,7-15H2,1-3H3. The minimum Gasteiger partial charge on any atom is -0.382 e. The van der Waals surface area contributed by atoms with E-state index in [1.807, 2.05) is 0 Å². The Hall–Kier alpha value is -0.420. The lowest BCUT2D eigenvalue weighted by atomic mass is 10.0. The van der Waals surface area contributed by atoms with Gasteiger partial charge in [-0.2, -0.15) is 0 Å². The second-order valence-corrected chi connectivity index (χ2v) is 6.12. The summed E-state index contributed by atoms with van der Waals surface area (Å²) in [5.41, 5.74) is 1.42. The monoisotopic (exact) mass is 298 g/mol. The van der Waals surface area contributed by atoms with Gasteiger partial charge in [0.25, 0.3) is 0 Å². The molecular weight excluding hydrogens is 264 g/mol. The minimum absolute atomic E-state index is 0.698. The van der Waals surface area contributed by atoms with Crippen molar-refractivity contribution in [3.8, 4) is 0 Å². The molecule has 0 unspecified atom stereocenters. The number of piperidine rings is 1. The molecule has 21 heavy (non-hydrogen) atoms. The van der Waals surface area contributed by atoms with Crippen LogP contribution in [0.4, 0.5) is 0 Å². The predicted molar refractivity (Wildman–Crippen MR) is 88.8 cm³/mol. The first-order valence-corrected chi connectivity index (χ1v) is 8.38. The fraction of sp³-hybridized carbons (Fsp3) is 0.882. The quantitative estimate of drug-likeness (QED) is 0.469. The summed E-state index contributed by atoms with van der Waals surface area (Å²) in [4.78, 5) is 2.55. The molecule has 0 aromatic rings. The van der Waals surface area contributed by atoms with Crippen molar-refractivity contribution in [2.45, 2.75) is 45.6 Å². The number of hydrogen-bond acceptors (Lipinski definition) is 4. The van der Waals surface area contributed by atoms with E-state index in [0.717, 1.165) is 26.1 Å². The highest BCUT2D eigenvalue weighted by atomic mass is 16.5. The summed E-state index contributed by atoms with van der Waals surface area (Å²) in [5.74, 6) is 0. The number of rotatable bonds is 11. The van der Waals surface area contributed by atoms with Crippen molar-refractivity contribution in [2.75, 3.05) is 53.1 Å². The summed E-state index contributed by atoms with van der Waals surface area (Å²) in [5, 5.41) is 3.69. The number of hydrogen-bond donors (Lipinski definition) is 1. The molecule has 1 aliphatic heterocycles. The normalized spacial score (nSPS) is 17.1. The van der Waals surface area contributed by atoms with Crippen LogP contribution in [-0.2, 0) is 9.47 Å². The molecule has 1 fully saturated rings. The Morgan fingerprint density at radius 2 is 1.90 bits per heavy atom. The maximum Gasteiger partial charge on any atom is 0.0700 e. The Balaban J connectivity index is 1.92. The van der Waals surface area contributed by atoms with Crippen LogP contribution in [0.3, 0.4) is 0 Å². The van der Waals surface area contributed by atoms with Crippen LogP contribution >= 0.6 is 0 Å². The molecule has 4 nitrogen and oxygen atoms in total. The van der Waals surface area contributed by atoms with Gasteiger partial charge in [0.15, 0.2) is 0 Å². The van der Waals surface area contributed by atoms with Gasteiger partial charge in [0.1, 0.15) is 0 Å². The number of likely N-dealkylation sites (tertiary alicyclic amines) is 1. The molecule has 0 saturated carbocycles. The Bertz CT molecular complexity index is 270. The van der Waals surface area contributed by atoms with Crippen LogP contribution in [0.1, 0.15) is 39.5 Å². The molecule has 0 amide bonds. The number of allylic oxidation sites excluding steroid dienone is 1. The van der Waals surface area contributed by atoms with Crippen LogP contribution in [0, 0.1) is 0 Å². The largest absolute Gasteiger partial charge is 0.382 e. The van der Waals surface area contributed by atoms with Gasteiger partial charge in [0, 0.05) is 26.3 Å². The van der Waals surface area contributed by atoms with Gasteiger partial charge in [-0.05, 0) is 59.2 Å². The molecule has 0 aliphatic carbocycles. The van der Waals surface area contributed by atoms with Crippen molar-refractivity contribution in [3.63, 3.8) is 0 Å². The third-order valence-electron chi connectivity index (χ3n) is 3.93. The van der Waals surface area contributed by atoms with Gasteiger partial charge >= 0.3 is 0 Å². The Labute approximate surface area is 130 Å². The van der Waals surface area contributed by atoms with Gasteiger partial charge in [-0.1, -0.05) is 11.6 Å². The van der Waals surface area contributed by atoms with Crippen molar-refractivity contribution >= 4 is 0 Å². The highest BCUT2D eigenvalue weighted by molar-refractivity contribution is 4.95. The van der Waals surface area contributed by atoms with Gasteiger partial charge in [0.05, 0.1) is 13.2 Å². The van der Waals surface area contributed by atoms with E-state index in [2.05, 4.69) is 30.1 Å². The zero-order valence-electron chi connectivity index (χ0n) is 14.2. The number of methoxy groups -OCH3 is 1. The maximum atomic E-state index is 5.46. The van der Waals surface area contributed by atoms with E-state index in [1.54, 1.807) is 7.11 Å². The van der Waals surface area contributed by atoms with Crippen LogP contribution in [-0.4, -0.2) is 64.1 Å². The molecule has 1 N–H and O–H groups in total. The second-order valence-electron chi connectivity index (χ2n) is 6.12. The molecule has 0 atom stereocenters. The molecule has 0 aromatic carbocycles. The van der Waals surface area contributed by atoms with Crippen molar-refractivity contribution in [2.24, 2.45) is 0 Å². The maximum absolute atomic E-state index is 5.46. The molecule has 1 rings (SSSR count). The van der Waals surface area contributed by atoms with Gasteiger partial charge in [-0.15, -0.1) is 0 Å². The SMILES string of the molecule is COCCOCCCCNC1CCN(CC=C(C)C)CC1. The van der Waals surface area contributed by atoms with E-state index in [-0.39, 0.29) is 0 Å². The van der Waals surface area contributed by atoms with Crippen molar-refractivity contribution in [1.82, 2.24) is 10.2 Å². The van der Waals surface area contributed by atoms with Crippen LogP contribution in [0.25, 0.3) is 0 Å². The summed E-state index contributed by atoms with van der Waals surface area (Å²) in [7, 11) is 1.71. The summed E-state index contributed by atoms with van der Waals surface area (Å²) in [6.45, 7) is 11.3. The van der Waals surface area contributed by atoms with E-state index < -0.39 is 0 Å². The zero-order chi connectivity index (χ0) is 15.3. The Morgan fingerprint density at radius 3 is 2.57 bits per heavy atom. The summed E-state index contributed by atoms with van der Waals surface area (Å²) in [6.07, 6.45) is 7.22. The highest BCUT2D eigenvalue weighted by Crippen LogP contribution is 2.10. The lowest BCUT2D eigenvalue weighted by Crippen LogP contribution is -2.42. The third kappa shape index (κ3) is 10.0. The molecule has 124 valence electrons. The van der Waals surface area contributed by atoms with Gasteiger partial charge in [-0.25, -0.2) is 0 Å². The zero-order valence-corrected chi connectivity index (χ0v) is 14.2. The fourth-order valence-corrected chi connectivity index (χ4v) is 2.51. The van der Waals surface area contributed by atoms with Crippen LogP contribution in [0.5, 0.6) is 0 Å². The Morgan fingerprint density at radius 1 is 1.14 bits per heavy atom. The average Bonchev–Trinajstić information content (AvgIpc) is 2.49. The Kier molecular flexibility index (Phi) is 10.8. The van der Waals surface area contributed by atoms with E-state index in [1.165, 1.54) is 37.9 Å². The smallest absolute Gasteiger partial charge is 0.0700 e. The molecule has 0 spiro atoms. The summed E-state index contributed by atoms with van der Waals surface area (Å²) in [6, 6.07) is 0.711. The topological polar surface area (TPSA) is 33.7 Å². The van der Waals surface area contributed by atoms with Crippen LogP contribution in [0.15, 0.2) is 11.6 Å². The molecule has 0 radical (unpaired) electrons. The van der Waals surface area contributed by atoms with Gasteiger partial charge < -0.3 is 14.8 Å². The second kappa shape index (κ2) is 12.2. The summed E-state index contributed by atoms with van der Waals surface area (Å²) < 4.78 is 10.4. The number of nitrogens with zero attached hydrogens (tertiary/aromatic N) is 1. The average molecular weight is 298 g/mol. The summed E-state index contributed by atoms with van der Waals surface area (Å²) >= 11 is 0. The van der Waals surface area contributed by atoms with E-state index in [4.69, 9.17) is 9.47 Å².